The van der Waals surface area contributed by atoms with E-state index < -0.39 is 0 Å². The smallest absolute Gasteiger partial charge is 0.0433 e. The Morgan fingerprint density at radius 1 is 0.365 bits per heavy atom. The van der Waals surface area contributed by atoms with E-state index in [9.17, 15) is 0 Å². The molecule has 10 aromatic rings. The van der Waals surface area contributed by atoms with Crippen molar-refractivity contribution in [3.05, 3.63) is 181 Å². The number of thiophene rings is 1. The van der Waals surface area contributed by atoms with Gasteiger partial charge in [-0.05, 0) is 112 Å². The van der Waals surface area contributed by atoms with Gasteiger partial charge in [0, 0.05) is 25.6 Å². The summed E-state index contributed by atoms with van der Waals surface area (Å²) in [6, 6.07) is 63.4. The molecule has 9 aromatic carbocycles. The Morgan fingerprint density at radius 2 is 0.904 bits per heavy atom. The van der Waals surface area contributed by atoms with Gasteiger partial charge in [-0.15, -0.1) is 11.3 Å². The van der Waals surface area contributed by atoms with Crippen molar-refractivity contribution in [1.82, 2.24) is 0 Å². The van der Waals surface area contributed by atoms with E-state index in [1.165, 1.54) is 108 Å². The van der Waals surface area contributed by atoms with Crippen molar-refractivity contribution in [2.45, 2.75) is 19.3 Å². The van der Waals surface area contributed by atoms with Gasteiger partial charge in [-0.2, -0.15) is 0 Å². The van der Waals surface area contributed by atoms with Gasteiger partial charge in [0.05, 0.1) is 0 Å². The third-order valence-corrected chi connectivity index (χ3v) is 12.8. The molecular formula is C51H34S. The fourth-order valence-electron chi connectivity index (χ4n) is 9.21. The summed E-state index contributed by atoms with van der Waals surface area (Å²) in [6.07, 6.45) is 0. The van der Waals surface area contributed by atoms with Crippen molar-refractivity contribution < 1.29 is 0 Å². The molecule has 0 N–H and O–H groups in total. The number of fused-ring (bicyclic) bond motifs is 13. The molecule has 11 rings (SSSR count). The third-order valence-electron chi connectivity index (χ3n) is 11.6. The molecule has 0 saturated heterocycles. The first kappa shape index (κ1) is 29.7. The topological polar surface area (TPSA) is 0 Å². The normalized spacial score (nSPS) is 13.3. The van der Waals surface area contributed by atoms with Gasteiger partial charge < -0.3 is 0 Å². The summed E-state index contributed by atoms with van der Waals surface area (Å²) in [5, 5.41) is 10.7. The fraction of sp³-hybridized carbons (Fsp3) is 0.0588. The van der Waals surface area contributed by atoms with E-state index in [0.29, 0.717) is 0 Å². The molecule has 0 nitrogen and oxygen atoms in total. The van der Waals surface area contributed by atoms with Crippen LogP contribution in [0.2, 0.25) is 0 Å². The highest BCUT2D eigenvalue weighted by Gasteiger charge is 2.37. The molecule has 0 aliphatic heterocycles. The highest BCUT2D eigenvalue weighted by Crippen LogP contribution is 2.54. The van der Waals surface area contributed by atoms with E-state index in [4.69, 9.17) is 0 Å². The van der Waals surface area contributed by atoms with Crippen LogP contribution in [0, 0.1) is 0 Å². The number of hydrogen-bond donors (Lipinski definition) is 0. The maximum absolute atomic E-state index is 2.44. The van der Waals surface area contributed by atoms with Crippen molar-refractivity contribution in [2.24, 2.45) is 0 Å². The van der Waals surface area contributed by atoms with Gasteiger partial charge in [0.25, 0.3) is 0 Å². The molecule has 0 unspecified atom stereocenters. The second-order valence-corrected chi connectivity index (χ2v) is 15.9. The zero-order valence-electron chi connectivity index (χ0n) is 29.1. The number of hydrogen-bond acceptors (Lipinski definition) is 1. The fourth-order valence-corrected chi connectivity index (χ4v) is 10.5. The van der Waals surface area contributed by atoms with Gasteiger partial charge in [-0.1, -0.05) is 159 Å². The Kier molecular flexibility index (Phi) is 6.27. The summed E-state index contributed by atoms with van der Waals surface area (Å²) < 4.78 is 2.69. The molecule has 52 heavy (non-hydrogen) atoms. The van der Waals surface area contributed by atoms with Gasteiger partial charge in [0.2, 0.25) is 0 Å². The van der Waals surface area contributed by atoms with Crippen LogP contribution in [-0.4, -0.2) is 0 Å². The molecule has 0 amide bonds. The van der Waals surface area contributed by atoms with E-state index in [2.05, 4.69) is 184 Å². The summed E-state index contributed by atoms with van der Waals surface area (Å²) in [4.78, 5) is 0. The standard InChI is InChI=1S/C51H34S/c1-51(2)46-27-24-34(30-45(46)43-26-25-42-39-18-4-3-16-37(39)38-17-5-6-20-41(38)48(42)49(43)51)32-13-9-12-31(28-32)33-14-10-15-35(29-33)36-21-11-22-44-40-19-7-8-23-47(40)52-50(36)44/h3-30H,1-2H3. The van der Waals surface area contributed by atoms with Crippen LogP contribution in [0.3, 0.4) is 0 Å². The molecule has 1 heteroatoms. The number of benzene rings is 9. The van der Waals surface area contributed by atoms with Crippen molar-refractivity contribution >= 4 is 63.8 Å². The minimum atomic E-state index is -0.131. The first-order valence-electron chi connectivity index (χ1n) is 18.2. The van der Waals surface area contributed by atoms with E-state index in [0.717, 1.165) is 0 Å². The Morgan fingerprint density at radius 3 is 1.63 bits per heavy atom. The van der Waals surface area contributed by atoms with Crippen LogP contribution in [0.15, 0.2) is 170 Å². The van der Waals surface area contributed by atoms with Crippen LogP contribution >= 0.6 is 11.3 Å². The molecular weight excluding hydrogens is 645 g/mol. The number of rotatable bonds is 3. The van der Waals surface area contributed by atoms with Crippen molar-refractivity contribution in [3.8, 4) is 44.5 Å². The molecule has 1 aliphatic carbocycles. The van der Waals surface area contributed by atoms with E-state index in [1.54, 1.807) is 0 Å². The lowest BCUT2D eigenvalue weighted by molar-refractivity contribution is 0.667. The van der Waals surface area contributed by atoms with Crippen LogP contribution in [-0.2, 0) is 5.41 Å². The monoisotopic (exact) mass is 678 g/mol. The van der Waals surface area contributed by atoms with Gasteiger partial charge in [-0.25, -0.2) is 0 Å². The Labute approximate surface area is 307 Å². The highest BCUT2D eigenvalue weighted by atomic mass is 32.1. The molecule has 0 bridgehead atoms. The molecule has 0 spiro atoms. The van der Waals surface area contributed by atoms with Gasteiger partial charge in [0.1, 0.15) is 0 Å². The molecule has 0 fully saturated rings. The first-order chi connectivity index (χ1) is 25.5. The maximum Gasteiger partial charge on any atom is 0.0433 e. The Hall–Kier alpha value is -6.02. The molecule has 0 saturated carbocycles. The van der Waals surface area contributed by atoms with E-state index >= 15 is 0 Å². The largest absolute Gasteiger partial charge is 0.135 e. The minimum Gasteiger partial charge on any atom is -0.135 e. The second kappa shape index (κ2) is 11.0. The SMILES string of the molecule is CC1(C)c2ccc(-c3cccc(-c4cccc(-c5cccc6c5sc5ccccc56)c4)c3)cc2-c2ccc3c4ccccc4c4ccccc4c3c21. The predicted octanol–water partition coefficient (Wildman–Crippen LogP) is 14.8. The Bertz CT molecular complexity index is 3060. The molecule has 0 radical (unpaired) electrons. The molecule has 244 valence electrons. The lowest BCUT2D eigenvalue weighted by Crippen LogP contribution is -2.15. The molecule has 1 aromatic heterocycles. The van der Waals surface area contributed by atoms with Gasteiger partial charge >= 0.3 is 0 Å². The summed E-state index contributed by atoms with van der Waals surface area (Å²) in [7, 11) is 0. The van der Waals surface area contributed by atoms with Crippen molar-refractivity contribution in [3.63, 3.8) is 0 Å². The quantitative estimate of drug-likeness (QED) is 0.163. The molecule has 1 aliphatic rings. The molecule has 0 atom stereocenters. The Balaban J connectivity index is 1.03. The third kappa shape index (κ3) is 4.21. The van der Waals surface area contributed by atoms with E-state index in [1.807, 2.05) is 11.3 Å². The van der Waals surface area contributed by atoms with Crippen LogP contribution in [0.5, 0.6) is 0 Å². The minimum absolute atomic E-state index is 0.131. The van der Waals surface area contributed by atoms with Gasteiger partial charge in [-0.3, -0.25) is 0 Å². The van der Waals surface area contributed by atoms with Crippen LogP contribution in [0.25, 0.3) is 97.0 Å². The lowest BCUT2D eigenvalue weighted by atomic mass is 9.78. The maximum atomic E-state index is 2.44. The van der Waals surface area contributed by atoms with Crippen LogP contribution in [0.4, 0.5) is 0 Å². The molecule has 1 heterocycles. The zero-order chi connectivity index (χ0) is 34.6. The summed E-state index contributed by atoms with van der Waals surface area (Å²) in [5.41, 5.74) is 12.9. The van der Waals surface area contributed by atoms with Gasteiger partial charge in [0.15, 0.2) is 0 Å². The average molecular weight is 679 g/mol. The highest BCUT2D eigenvalue weighted by molar-refractivity contribution is 7.26. The van der Waals surface area contributed by atoms with Crippen LogP contribution < -0.4 is 0 Å². The van der Waals surface area contributed by atoms with Crippen molar-refractivity contribution in [1.29, 1.82) is 0 Å². The first-order valence-corrected chi connectivity index (χ1v) is 19.0. The summed E-state index contributed by atoms with van der Waals surface area (Å²) in [5.74, 6) is 0. The van der Waals surface area contributed by atoms with Crippen LogP contribution in [0.1, 0.15) is 25.0 Å². The lowest BCUT2D eigenvalue weighted by Gasteiger charge is -2.24. The zero-order valence-corrected chi connectivity index (χ0v) is 29.9. The van der Waals surface area contributed by atoms with Crippen molar-refractivity contribution in [2.75, 3.05) is 0 Å². The van der Waals surface area contributed by atoms with E-state index in [-0.39, 0.29) is 5.41 Å². The summed E-state index contributed by atoms with van der Waals surface area (Å²) in [6.45, 7) is 4.82. The summed E-state index contributed by atoms with van der Waals surface area (Å²) >= 11 is 1.89. The average Bonchev–Trinajstić information content (AvgIpc) is 3.70. The predicted molar refractivity (Wildman–Crippen MR) is 226 cm³/mol. The second-order valence-electron chi connectivity index (χ2n) is 14.8.